The molecule has 5 heteroatoms. The van der Waals surface area contributed by atoms with E-state index in [9.17, 15) is 4.79 Å². The largest absolute Gasteiger partial charge is 0.491 e. The second-order valence-corrected chi connectivity index (χ2v) is 8.35. The van der Waals surface area contributed by atoms with Gasteiger partial charge in [-0.15, -0.1) is 0 Å². The number of rotatable bonds is 10. The Morgan fingerprint density at radius 3 is 2.74 bits per heavy atom. The smallest absolute Gasteiger partial charge is 0.246 e. The quantitative estimate of drug-likeness (QED) is 0.364. The predicted molar refractivity (Wildman–Crippen MR) is 127 cm³/mol. The van der Waals surface area contributed by atoms with Crippen molar-refractivity contribution in [2.24, 2.45) is 0 Å². The molecule has 164 valence electrons. The number of carbonyl (C=O) groups is 1. The van der Waals surface area contributed by atoms with Crippen molar-refractivity contribution in [2.75, 3.05) is 13.2 Å². The number of aromatic nitrogens is 2. The molecule has 1 N–H and O–H groups in total. The minimum Gasteiger partial charge on any atom is -0.491 e. The highest BCUT2D eigenvalue weighted by Crippen LogP contribution is 2.27. The van der Waals surface area contributed by atoms with Crippen LogP contribution in [-0.2, 0) is 17.8 Å². The van der Waals surface area contributed by atoms with Crippen molar-refractivity contribution in [2.45, 2.75) is 53.0 Å². The van der Waals surface area contributed by atoms with Gasteiger partial charge in [-0.3, -0.25) is 4.79 Å². The fraction of sp³-hybridized carbons (Fsp3) is 0.385. The lowest BCUT2D eigenvalue weighted by Gasteiger charge is -2.16. The first kappa shape index (κ1) is 22.6. The molecule has 0 spiro atoms. The summed E-state index contributed by atoms with van der Waals surface area (Å²) in [6, 6.07) is 14.6. The predicted octanol–water partition coefficient (Wildman–Crippen LogP) is 5.17. The number of nitrogens with one attached hydrogen (secondary N) is 1. The highest BCUT2D eigenvalue weighted by atomic mass is 16.5. The second-order valence-electron chi connectivity index (χ2n) is 8.35. The molecule has 0 bridgehead atoms. The molecule has 1 heterocycles. The first-order chi connectivity index (χ1) is 14.9. The summed E-state index contributed by atoms with van der Waals surface area (Å²) < 4.78 is 8.46. The van der Waals surface area contributed by atoms with Crippen LogP contribution in [0.2, 0.25) is 0 Å². The van der Waals surface area contributed by atoms with Gasteiger partial charge in [0.15, 0.2) is 0 Å². The van der Waals surface area contributed by atoms with Gasteiger partial charge in [-0.2, -0.15) is 0 Å². The average Bonchev–Trinajstić information content (AvgIpc) is 3.08. The Bertz CT molecular complexity index is 1070. The minimum absolute atomic E-state index is 0.0963. The lowest BCUT2D eigenvalue weighted by molar-refractivity contribution is -0.117. The van der Waals surface area contributed by atoms with E-state index in [-0.39, 0.29) is 5.91 Å². The summed E-state index contributed by atoms with van der Waals surface area (Å²) >= 11 is 0. The van der Waals surface area contributed by atoms with Gasteiger partial charge in [0.1, 0.15) is 18.2 Å². The molecule has 0 fully saturated rings. The number of amides is 1. The van der Waals surface area contributed by atoms with Crippen molar-refractivity contribution < 1.29 is 9.53 Å². The van der Waals surface area contributed by atoms with Gasteiger partial charge in [0.05, 0.1) is 17.6 Å². The lowest BCUT2D eigenvalue weighted by atomic mass is 10.0. The van der Waals surface area contributed by atoms with Crippen LogP contribution in [0.15, 0.2) is 54.6 Å². The number of carbonyl (C=O) groups excluding carboxylic acids is 1. The molecule has 0 aliphatic heterocycles. The maximum atomic E-state index is 11.7. The summed E-state index contributed by atoms with van der Waals surface area (Å²) in [4.78, 5) is 16.5. The van der Waals surface area contributed by atoms with Crippen LogP contribution in [0.1, 0.15) is 50.1 Å². The van der Waals surface area contributed by atoms with Gasteiger partial charge in [-0.1, -0.05) is 44.7 Å². The van der Waals surface area contributed by atoms with Gasteiger partial charge in [-0.25, -0.2) is 4.98 Å². The van der Waals surface area contributed by atoms with Crippen molar-refractivity contribution in [3.63, 3.8) is 0 Å². The Morgan fingerprint density at radius 1 is 1.23 bits per heavy atom. The molecule has 1 aromatic heterocycles. The third-order valence-corrected chi connectivity index (χ3v) is 5.35. The van der Waals surface area contributed by atoms with Crippen LogP contribution in [0.25, 0.3) is 11.0 Å². The van der Waals surface area contributed by atoms with Crippen LogP contribution in [0, 0.1) is 6.92 Å². The van der Waals surface area contributed by atoms with E-state index < -0.39 is 0 Å². The Kier molecular flexibility index (Phi) is 7.50. The van der Waals surface area contributed by atoms with Crippen LogP contribution in [0.5, 0.6) is 5.75 Å². The zero-order valence-electron chi connectivity index (χ0n) is 19.1. The molecule has 3 aromatic rings. The number of aryl methyl sites for hydroxylation is 2. The number of imidazole rings is 1. The fourth-order valence-electron chi connectivity index (χ4n) is 3.66. The number of hydrogen-bond acceptors (Lipinski definition) is 3. The van der Waals surface area contributed by atoms with Gasteiger partial charge in [0.25, 0.3) is 0 Å². The third-order valence-electron chi connectivity index (χ3n) is 5.35. The normalized spacial score (nSPS) is 11.1. The highest BCUT2D eigenvalue weighted by molar-refractivity contribution is 5.92. The summed E-state index contributed by atoms with van der Waals surface area (Å²) in [6.07, 6.45) is 1.60. The molecule has 3 rings (SSSR count). The molecule has 0 saturated heterocycles. The molecule has 31 heavy (non-hydrogen) atoms. The number of nitrogens with zero attached hydrogens (tertiary/aromatic N) is 2. The van der Waals surface area contributed by atoms with Crippen LogP contribution in [0.4, 0.5) is 0 Å². The summed E-state index contributed by atoms with van der Waals surface area (Å²) in [5, 5.41) is 2.89. The van der Waals surface area contributed by atoms with E-state index in [4.69, 9.17) is 9.72 Å². The zero-order valence-corrected chi connectivity index (χ0v) is 19.1. The average molecular weight is 420 g/mol. The molecule has 1 amide bonds. The van der Waals surface area contributed by atoms with Crippen LogP contribution >= 0.6 is 0 Å². The molecule has 0 saturated carbocycles. The Morgan fingerprint density at radius 2 is 2.00 bits per heavy atom. The number of benzene rings is 2. The summed E-state index contributed by atoms with van der Waals surface area (Å²) in [7, 11) is 0. The van der Waals surface area contributed by atoms with E-state index >= 15 is 0 Å². The van der Waals surface area contributed by atoms with E-state index in [1.165, 1.54) is 11.1 Å². The number of hydrogen-bond donors (Lipinski definition) is 1. The Labute approximate surface area is 185 Å². The van der Waals surface area contributed by atoms with Crippen LogP contribution in [0.3, 0.4) is 0 Å². The molecule has 5 nitrogen and oxygen atoms in total. The summed E-state index contributed by atoms with van der Waals surface area (Å²) in [5.74, 6) is 2.29. The van der Waals surface area contributed by atoms with E-state index in [0.29, 0.717) is 24.6 Å². The molecule has 0 radical (unpaired) electrons. The first-order valence-electron chi connectivity index (χ1n) is 11.0. The third kappa shape index (κ3) is 5.75. The van der Waals surface area contributed by atoms with Gasteiger partial charge < -0.3 is 14.6 Å². The Balaban J connectivity index is 1.70. The van der Waals surface area contributed by atoms with Gasteiger partial charge in [0.2, 0.25) is 5.91 Å². The maximum absolute atomic E-state index is 11.7. The fourth-order valence-corrected chi connectivity index (χ4v) is 3.66. The second kappa shape index (κ2) is 10.3. The monoisotopic (exact) mass is 419 g/mol. The molecule has 0 unspecified atom stereocenters. The number of ether oxygens (including phenoxy) is 1. The molecule has 0 aliphatic carbocycles. The lowest BCUT2D eigenvalue weighted by Crippen LogP contribution is -2.25. The van der Waals surface area contributed by atoms with Crippen molar-refractivity contribution in [1.82, 2.24) is 14.9 Å². The zero-order chi connectivity index (χ0) is 22.4. The van der Waals surface area contributed by atoms with Gasteiger partial charge >= 0.3 is 0 Å². The Hall–Kier alpha value is -3.08. The topological polar surface area (TPSA) is 56.2 Å². The van der Waals surface area contributed by atoms with E-state index in [1.807, 2.05) is 18.2 Å². The van der Waals surface area contributed by atoms with Crippen LogP contribution in [-0.4, -0.2) is 28.6 Å². The molecule has 2 aromatic carbocycles. The summed E-state index contributed by atoms with van der Waals surface area (Å²) in [6.45, 7) is 13.7. The van der Waals surface area contributed by atoms with E-state index in [1.54, 1.807) is 6.92 Å². The minimum atomic E-state index is -0.0963. The standard InChI is InChI=1S/C26H33N3O2/c1-18(2)21-13-12-20(5)17-24(21)31-16-15-29-23-10-7-6-9-22(23)28-25(29)11-8-14-27-26(30)19(3)4/h6-7,9-10,12-13,17-18H,3,8,11,14-16H2,1-2,4-5H3,(H,27,30). The summed E-state index contributed by atoms with van der Waals surface area (Å²) in [5.41, 5.74) is 5.06. The molecular weight excluding hydrogens is 386 g/mol. The van der Waals surface area contributed by atoms with Crippen LogP contribution < -0.4 is 10.1 Å². The number of fused-ring (bicyclic) bond motifs is 1. The highest BCUT2D eigenvalue weighted by Gasteiger charge is 2.12. The SMILES string of the molecule is C=C(C)C(=O)NCCCc1nc2ccccc2n1CCOc1cc(C)ccc1C(C)C. The molecule has 0 aliphatic rings. The van der Waals surface area contributed by atoms with E-state index in [2.05, 4.69) is 61.5 Å². The van der Waals surface area contributed by atoms with E-state index in [0.717, 1.165) is 42.0 Å². The first-order valence-corrected chi connectivity index (χ1v) is 11.0. The molecule has 0 atom stereocenters. The number of para-hydroxylation sites is 2. The van der Waals surface area contributed by atoms with Crippen molar-refractivity contribution in [1.29, 1.82) is 0 Å². The van der Waals surface area contributed by atoms with Gasteiger partial charge in [-0.05, 0) is 55.5 Å². The van der Waals surface area contributed by atoms with Crippen molar-refractivity contribution in [3.05, 3.63) is 71.6 Å². The van der Waals surface area contributed by atoms with Crippen molar-refractivity contribution >= 4 is 16.9 Å². The van der Waals surface area contributed by atoms with Gasteiger partial charge in [0, 0.05) is 18.5 Å². The molecular formula is C26H33N3O2. The maximum Gasteiger partial charge on any atom is 0.246 e. The van der Waals surface area contributed by atoms with Crippen molar-refractivity contribution in [3.8, 4) is 5.75 Å².